The SMILES string of the molecule is Nc1ccc(NCCN2CCOCC2)cc1C(F)(F)F. The zero-order valence-corrected chi connectivity index (χ0v) is 11.0. The second-order valence-electron chi connectivity index (χ2n) is 4.68. The molecule has 0 aliphatic carbocycles. The maximum absolute atomic E-state index is 12.7. The van der Waals surface area contributed by atoms with Gasteiger partial charge in [0.25, 0.3) is 0 Å². The molecule has 0 saturated carbocycles. The molecule has 0 unspecified atom stereocenters. The Morgan fingerprint density at radius 3 is 2.60 bits per heavy atom. The van der Waals surface area contributed by atoms with Gasteiger partial charge in [-0.05, 0) is 18.2 Å². The summed E-state index contributed by atoms with van der Waals surface area (Å²) < 4.78 is 43.4. The van der Waals surface area contributed by atoms with Gasteiger partial charge >= 0.3 is 6.18 Å². The molecule has 1 aliphatic heterocycles. The molecule has 3 N–H and O–H groups in total. The first-order chi connectivity index (χ1) is 9.47. The Morgan fingerprint density at radius 1 is 1.25 bits per heavy atom. The summed E-state index contributed by atoms with van der Waals surface area (Å²) in [5, 5.41) is 2.99. The van der Waals surface area contributed by atoms with Crippen LogP contribution in [0.25, 0.3) is 0 Å². The zero-order chi connectivity index (χ0) is 14.6. The minimum absolute atomic E-state index is 0.253. The predicted octanol–water partition coefficient (Wildman–Crippen LogP) is 2.03. The molecular weight excluding hydrogens is 271 g/mol. The van der Waals surface area contributed by atoms with Crippen LogP contribution in [0.5, 0.6) is 0 Å². The number of ether oxygens (including phenoxy) is 1. The number of nitrogens with zero attached hydrogens (tertiary/aromatic N) is 1. The van der Waals surface area contributed by atoms with Crippen LogP contribution in [0.4, 0.5) is 24.5 Å². The molecule has 1 heterocycles. The second-order valence-corrected chi connectivity index (χ2v) is 4.68. The van der Waals surface area contributed by atoms with Gasteiger partial charge in [-0.25, -0.2) is 0 Å². The molecule has 0 atom stereocenters. The largest absolute Gasteiger partial charge is 0.418 e. The number of rotatable bonds is 4. The number of anilines is 2. The molecular formula is C13H18F3N3O. The standard InChI is InChI=1S/C13H18F3N3O/c14-13(15,16)11-9-10(1-2-12(11)17)18-3-4-19-5-7-20-8-6-19/h1-2,9,18H,3-8,17H2. The van der Waals surface area contributed by atoms with E-state index in [2.05, 4.69) is 10.2 Å². The van der Waals surface area contributed by atoms with Crippen molar-refractivity contribution in [1.82, 2.24) is 4.90 Å². The van der Waals surface area contributed by atoms with Gasteiger partial charge < -0.3 is 15.8 Å². The number of hydrogen-bond donors (Lipinski definition) is 2. The minimum atomic E-state index is -4.42. The average molecular weight is 289 g/mol. The first-order valence-corrected chi connectivity index (χ1v) is 6.47. The van der Waals surface area contributed by atoms with Crippen LogP contribution in [0.3, 0.4) is 0 Å². The fraction of sp³-hybridized carbons (Fsp3) is 0.538. The lowest BCUT2D eigenvalue weighted by Crippen LogP contribution is -2.39. The van der Waals surface area contributed by atoms with E-state index in [4.69, 9.17) is 10.5 Å². The summed E-state index contributed by atoms with van der Waals surface area (Å²) in [5.74, 6) is 0. The lowest BCUT2D eigenvalue weighted by atomic mass is 10.1. The fourth-order valence-electron chi connectivity index (χ4n) is 2.09. The molecule has 1 aliphatic rings. The van der Waals surface area contributed by atoms with Crippen molar-refractivity contribution in [2.45, 2.75) is 6.18 Å². The number of halogens is 3. The van der Waals surface area contributed by atoms with E-state index in [1.165, 1.54) is 6.07 Å². The van der Waals surface area contributed by atoms with Crippen LogP contribution >= 0.6 is 0 Å². The fourth-order valence-corrected chi connectivity index (χ4v) is 2.09. The number of alkyl halides is 3. The third-order valence-electron chi connectivity index (χ3n) is 3.22. The zero-order valence-electron chi connectivity index (χ0n) is 11.0. The van der Waals surface area contributed by atoms with Gasteiger partial charge in [-0.2, -0.15) is 13.2 Å². The van der Waals surface area contributed by atoms with E-state index in [0.717, 1.165) is 25.7 Å². The number of nitrogen functional groups attached to an aromatic ring is 1. The van der Waals surface area contributed by atoms with Crippen molar-refractivity contribution in [2.75, 3.05) is 50.4 Å². The molecule has 1 saturated heterocycles. The van der Waals surface area contributed by atoms with Crippen LogP contribution in [0.15, 0.2) is 18.2 Å². The molecule has 2 rings (SSSR count). The van der Waals surface area contributed by atoms with E-state index in [0.29, 0.717) is 25.4 Å². The van der Waals surface area contributed by atoms with E-state index in [-0.39, 0.29) is 5.69 Å². The third kappa shape index (κ3) is 4.01. The quantitative estimate of drug-likeness (QED) is 0.833. The van der Waals surface area contributed by atoms with Gasteiger partial charge in [-0.3, -0.25) is 4.90 Å². The molecule has 4 nitrogen and oxygen atoms in total. The lowest BCUT2D eigenvalue weighted by molar-refractivity contribution is -0.136. The smallest absolute Gasteiger partial charge is 0.398 e. The van der Waals surface area contributed by atoms with Crippen molar-refractivity contribution < 1.29 is 17.9 Å². The normalized spacial score (nSPS) is 17.1. The molecule has 20 heavy (non-hydrogen) atoms. The highest BCUT2D eigenvalue weighted by Crippen LogP contribution is 2.35. The highest BCUT2D eigenvalue weighted by Gasteiger charge is 2.33. The Morgan fingerprint density at radius 2 is 1.95 bits per heavy atom. The highest BCUT2D eigenvalue weighted by molar-refractivity contribution is 5.58. The van der Waals surface area contributed by atoms with Crippen molar-refractivity contribution in [1.29, 1.82) is 0 Å². The van der Waals surface area contributed by atoms with Crippen molar-refractivity contribution in [3.63, 3.8) is 0 Å². The summed E-state index contributed by atoms with van der Waals surface area (Å²) in [6.07, 6.45) is -4.42. The molecule has 7 heteroatoms. The summed E-state index contributed by atoms with van der Waals surface area (Å²) in [5.41, 5.74) is 4.73. The Labute approximate surface area is 115 Å². The van der Waals surface area contributed by atoms with E-state index >= 15 is 0 Å². The van der Waals surface area contributed by atoms with Crippen molar-refractivity contribution in [3.05, 3.63) is 23.8 Å². The maximum Gasteiger partial charge on any atom is 0.418 e. The molecule has 1 aromatic carbocycles. The highest BCUT2D eigenvalue weighted by atomic mass is 19.4. The monoisotopic (exact) mass is 289 g/mol. The Kier molecular flexibility index (Phi) is 4.72. The average Bonchev–Trinajstić information content (AvgIpc) is 2.40. The van der Waals surface area contributed by atoms with E-state index in [1.54, 1.807) is 6.07 Å². The maximum atomic E-state index is 12.7. The van der Waals surface area contributed by atoms with E-state index in [9.17, 15) is 13.2 Å². The molecule has 1 fully saturated rings. The molecule has 0 spiro atoms. The Bertz CT molecular complexity index is 445. The van der Waals surface area contributed by atoms with Gasteiger partial charge in [0.15, 0.2) is 0 Å². The lowest BCUT2D eigenvalue weighted by Gasteiger charge is -2.26. The second kappa shape index (κ2) is 6.32. The molecule has 0 aromatic heterocycles. The number of hydrogen-bond acceptors (Lipinski definition) is 4. The van der Waals surface area contributed by atoms with Gasteiger partial charge in [0.2, 0.25) is 0 Å². The van der Waals surface area contributed by atoms with Crippen molar-refractivity contribution in [3.8, 4) is 0 Å². The first kappa shape index (κ1) is 14.9. The van der Waals surface area contributed by atoms with Gasteiger partial charge in [0, 0.05) is 37.6 Å². The number of benzene rings is 1. The topological polar surface area (TPSA) is 50.5 Å². The van der Waals surface area contributed by atoms with Gasteiger partial charge in [0.1, 0.15) is 0 Å². The van der Waals surface area contributed by atoms with E-state index in [1.807, 2.05) is 0 Å². The van der Waals surface area contributed by atoms with Crippen molar-refractivity contribution in [2.24, 2.45) is 0 Å². The van der Waals surface area contributed by atoms with Crippen LogP contribution in [-0.4, -0.2) is 44.3 Å². The summed E-state index contributed by atoms with van der Waals surface area (Å²) in [6, 6.07) is 3.89. The summed E-state index contributed by atoms with van der Waals surface area (Å²) >= 11 is 0. The molecule has 112 valence electrons. The number of nitrogens with one attached hydrogen (secondary N) is 1. The third-order valence-corrected chi connectivity index (χ3v) is 3.22. The number of nitrogens with two attached hydrogens (primary N) is 1. The summed E-state index contributed by atoms with van der Waals surface area (Å²) in [6.45, 7) is 4.49. The summed E-state index contributed by atoms with van der Waals surface area (Å²) in [7, 11) is 0. The van der Waals surface area contributed by atoms with E-state index < -0.39 is 11.7 Å². The number of morpholine rings is 1. The van der Waals surface area contributed by atoms with Crippen LogP contribution in [0.1, 0.15) is 5.56 Å². The Balaban J connectivity index is 1.89. The van der Waals surface area contributed by atoms with Gasteiger partial charge in [-0.1, -0.05) is 0 Å². The molecule has 0 amide bonds. The van der Waals surface area contributed by atoms with Crippen LogP contribution in [0, 0.1) is 0 Å². The van der Waals surface area contributed by atoms with Gasteiger partial charge in [0.05, 0.1) is 18.8 Å². The molecule has 0 bridgehead atoms. The molecule has 1 aromatic rings. The minimum Gasteiger partial charge on any atom is -0.398 e. The Hall–Kier alpha value is -1.47. The first-order valence-electron chi connectivity index (χ1n) is 6.47. The van der Waals surface area contributed by atoms with Crippen LogP contribution < -0.4 is 11.1 Å². The summed E-state index contributed by atoms with van der Waals surface area (Å²) in [4.78, 5) is 2.21. The predicted molar refractivity (Wildman–Crippen MR) is 71.6 cm³/mol. The van der Waals surface area contributed by atoms with Crippen LogP contribution in [-0.2, 0) is 10.9 Å². The van der Waals surface area contributed by atoms with Crippen LogP contribution in [0.2, 0.25) is 0 Å². The molecule has 0 radical (unpaired) electrons. The van der Waals surface area contributed by atoms with Crippen molar-refractivity contribution >= 4 is 11.4 Å². The van der Waals surface area contributed by atoms with Gasteiger partial charge in [-0.15, -0.1) is 0 Å².